The number of H-pyrrole nitrogens is 1. The van der Waals surface area contributed by atoms with Crippen molar-refractivity contribution in [2.45, 2.75) is 0 Å². The van der Waals surface area contributed by atoms with Crippen molar-refractivity contribution in [3.05, 3.63) is 61.7 Å². The zero-order valence-electron chi connectivity index (χ0n) is 10.1. The number of hydrogen-bond donors (Lipinski definition) is 1. The number of nitrogens with one attached hydrogen (secondary N) is 1. The lowest BCUT2D eigenvalue weighted by Gasteiger charge is -2.09. The lowest BCUT2D eigenvalue weighted by molar-refractivity contribution is 0.461. The van der Waals surface area contributed by atoms with Crippen molar-refractivity contribution >= 4 is 45.0 Å². The van der Waals surface area contributed by atoms with Gasteiger partial charge in [0, 0.05) is 15.8 Å². The second-order valence-electron chi connectivity index (χ2n) is 4.04. The Kier molecular flexibility index (Phi) is 3.62. The van der Waals surface area contributed by atoms with Gasteiger partial charge >= 0.3 is 0 Å². The summed E-state index contributed by atoms with van der Waals surface area (Å²) in [5.74, 6) is 0.892. The second-order valence-corrected chi connectivity index (χ2v) is 5.53. The van der Waals surface area contributed by atoms with Crippen LogP contribution in [0.4, 0.5) is 0 Å². The lowest BCUT2D eigenvalue weighted by atomic mass is 10.1. The monoisotopic (exact) mass is 398 g/mol. The summed E-state index contributed by atoms with van der Waals surface area (Å²) in [5.41, 5.74) is -0.228. The van der Waals surface area contributed by atoms with E-state index in [1.807, 2.05) is 46.9 Å². The Balaban J connectivity index is 2.14. The summed E-state index contributed by atoms with van der Waals surface area (Å²) in [7, 11) is 0. The molecule has 4 nitrogen and oxygen atoms in total. The molecule has 0 saturated carbocycles. The van der Waals surface area contributed by atoms with Crippen LogP contribution in [0.25, 0.3) is 10.8 Å². The van der Waals surface area contributed by atoms with E-state index in [1.165, 1.54) is 6.33 Å². The third-order valence-electron chi connectivity index (χ3n) is 2.80. The van der Waals surface area contributed by atoms with Crippen molar-refractivity contribution in [2.75, 3.05) is 0 Å². The van der Waals surface area contributed by atoms with Crippen LogP contribution in [0.2, 0.25) is 5.02 Å². The molecule has 1 heterocycles. The maximum Gasteiger partial charge on any atom is 0.268 e. The van der Waals surface area contributed by atoms with E-state index in [0.29, 0.717) is 14.3 Å². The molecule has 100 valence electrons. The highest BCUT2D eigenvalue weighted by molar-refractivity contribution is 14.1. The molecule has 0 bridgehead atoms. The molecule has 2 aromatic carbocycles. The van der Waals surface area contributed by atoms with E-state index < -0.39 is 0 Å². The lowest BCUT2D eigenvalue weighted by Crippen LogP contribution is -2.11. The van der Waals surface area contributed by atoms with Crippen LogP contribution in [0.5, 0.6) is 11.6 Å². The molecule has 1 N–H and O–H groups in total. The van der Waals surface area contributed by atoms with Gasteiger partial charge in [0.1, 0.15) is 9.32 Å². The Morgan fingerprint density at radius 1 is 1.15 bits per heavy atom. The third kappa shape index (κ3) is 2.38. The number of halogens is 2. The average molecular weight is 399 g/mol. The Labute approximate surface area is 132 Å². The van der Waals surface area contributed by atoms with E-state index in [0.717, 1.165) is 10.8 Å². The maximum atomic E-state index is 11.5. The molecule has 0 saturated heterocycles. The quantitative estimate of drug-likeness (QED) is 0.665. The number of benzene rings is 2. The molecular formula is C14H8ClIN2O2. The van der Waals surface area contributed by atoms with E-state index in [2.05, 4.69) is 9.97 Å². The Morgan fingerprint density at radius 2 is 1.90 bits per heavy atom. The molecule has 0 aliphatic rings. The topological polar surface area (TPSA) is 55.0 Å². The molecule has 20 heavy (non-hydrogen) atoms. The van der Waals surface area contributed by atoms with E-state index in [1.54, 1.807) is 12.1 Å². The van der Waals surface area contributed by atoms with Crippen molar-refractivity contribution in [2.24, 2.45) is 0 Å². The molecule has 1 aromatic heterocycles. The highest BCUT2D eigenvalue weighted by Gasteiger charge is 2.11. The van der Waals surface area contributed by atoms with Gasteiger partial charge in [-0.25, -0.2) is 4.98 Å². The van der Waals surface area contributed by atoms with Gasteiger partial charge in [-0.2, -0.15) is 0 Å². The molecule has 0 amide bonds. The molecule has 0 aliphatic heterocycles. The van der Waals surface area contributed by atoms with Crippen molar-refractivity contribution in [1.82, 2.24) is 9.97 Å². The largest absolute Gasteiger partial charge is 0.437 e. The van der Waals surface area contributed by atoms with Crippen LogP contribution in [-0.4, -0.2) is 9.97 Å². The fourth-order valence-electron chi connectivity index (χ4n) is 1.87. The number of ether oxygens (including phenoxy) is 1. The fourth-order valence-corrected chi connectivity index (χ4v) is 2.50. The van der Waals surface area contributed by atoms with E-state index in [9.17, 15) is 4.79 Å². The summed E-state index contributed by atoms with van der Waals surface area (Å²) in [4.78, 5) is 18.1. The van der Waals surface area contributed by atoms with Crippen LogP contribution in [0.1, 0.15) is 0 Å². The molecule has 0 fully saturated rings. The molecule has 3 rings (SSSR count). The van der Waals surface area contributed by atoms with Crippen LogP contribution in [0.15, 0.2) is 47.5 Å². The minimum atomic E-state index is -0.228. The van der Waals surface area contributed by atoms with Crippen LogP contribution >= 0.6 is 34.2 Å². The van der Waals surface area contributed by atoms with Gasteiger partial charge < -0.3 is 9.72 Å². The van der Waals surface area contributed by atoms with Crippen LogP contribution in [-0.2, 0) is 0 Å². The van der Waals surface area contributed by atoms with Gasteiger partial charge in [-0.1, -0.05) is 35.9 Å². The normalized spacial score (nSPS) is 10.7. The van der Waals surface area contributed by atoms with Gasteiger partial charge in [0.25, 0.3) is 5.56 Å². The minimum absolute atomic E-state index is 0.228. The van der Waals surface area contributed by atoms with Gasteiger partial charge in [0.15, 0.2) is 0 Å². The zero-order valence-corrected chi connectivity index (χ0v) is 13.0. The van der Waals surface area contributed by atoms with E-state index in [-0.39, 0.29) is 11.4 Å². The number of aromatic nitrogens is 2. The first-order valence-corrected chi connectivity index (χ1v) is 7.21. The number of aromatic amines is 1. The first-order valence-electron chi connectivity index (χ1n) is 5.75. The SMILES string of the molecule is O=c1[nH]cnc(Oc2ccc(Cl)c3ccccc23)c1I. The number of rotatable bonds is 2. The maximum absolute atomic E-state index is 11.5. The third-order valence-corrected chi connectivity index (χ3v) is 4.08. The Bertz CT molecular complexity index is 848. The molecule has 0 unspecified atom stereocenters. The first kappa shape index (κ1) is 13.4. The van der Waals surface area contributed by atoms with Crippen molar-refractivity contribution in [3.63, 3.8) is 0 Å². The van der Waals surface area contributed by atoms with E-state index >= 15 is 0 Å². The van der Waals surface area contributed by atoms with Gasteiger partial charge in [0.2, 0.25) is 5.88 Å². The Hall–Kier alpha value is -1.60. The van der Waals surface area contributed by atoms with Crippen LogP contribution in [0, 0.1) is 3.57 Å². The second kappa shape index (κ2) is 5.41. The van der Waals surface area contributed by atoms with Crippen LogP contribution in [0.3, 0.4) is 0 Å². The predicted molar refractivity (Wildman–Crippen MR) is 86.6 cm³/mol. The molecule has 0 spiro atoms. The number of fused-ring (bicyclic) bond motifs is 1. The van der Waals surface area contributed by atoms with Gasteiger partial charge in [-0.3, -0.25) is 4.79 Å². The average Bonchev–Trinajstić information content (AvgIpc) is 2.47. The van der Waals surface area contributed by atoms with E-state index in [4.69, 9.17) is 16.3 Å². The van der Waals surface area contributed by atoms with Crippen LogP contribution < -0.4 is 10.3 Å². The number of hydrogen-bond acceptors (Lipinski definition) is 3. The highest BCUT2D eigenvalue weighted by atomic mass is 127. The molecular weight excluding hydrogens is 391 g/mol. The fraction of sp³-hybridized carbons (Fsp3) is 0. The van der Waals surface area contributed by atoms with Gasteiger partial charge in [-0.15, -0.1) is 0 Å². The summed E-state index contributed by atoms with van der Waals surface area (Å²) in [6.45, 7) is 0. The molecule has 0 atom stereocenters. The number of nitrogens with zero attached hydrogens (tertiary/aromatic N) is 1. The molecule has 3 aromatic rings. The summed E-state index contributed by atoms with van der Waals surface area (Å²) in [5, 5.41) is 2.42. The highest BCUT2D eigenvalue weighted by Crippen LogP contribution is 2.33. The van der Waals surface area contributed by atoms with Crippen molar-refractivity contribution in [1.29, 1.82) is 0 Å². The molecule has 0 aliphatic carbocycles. The first-order chi connectivity index (χ1) is 9.66. The van der Waals surface area contributed by atoms with Gasteiger partial charge in [-0.05, 0) is 34.7 Å². The smallest absolute Gasteiger partial charge is 0.268 e. The standard InChI is InChI=1S/C14H8ClIN2O2/c15-10-5-6-11(9-4-2-1-3-8(9)10)20-14-12(16)13(19)17-7-18-14/h1-7H,(H,17,18,19). The summed E-state index contributed by atoms with van der Waals surface area (Å²) < 4.78 is 6.17. The predicted octanol–water partition coefficient (Wildman–Crippen LogP) is 3.97. The van der Waals surface area contributed by atoms with Gasteiger partial charge in [0.05, 0.1) is 6.33 Å². The molecule has 0 radical (unpaired) electrons. The summed E-state index contributed by atoms with van der Waals surface area (Å²) >= 11 is 8.07. The Morgan fingerprint density at radius 3 is 2.70 bits per heavy atom. The molecule has 6 heteroatoms. The minimum Gasteiger partial charge on any atom is -0.437 e. The zero-order chi connectivity index (χ0) is 14.1. The van der Waals surface area contributed by atoms with Crippen molar-refractivity contribution in [3.8, 4) is 11.6 Å². The summed E-state index contributed by atoms with van der Waals surface area (Å²) in [6.07, 6.45) is 1.32. The summed E-state index contributed by atoms with van der Waals surface area (Å²) in [6, 6.07) is 11.2. The van der Waals surface area contributed by atoms with Crippen molar-refractivity contribution < 1.29 is 4.74 Å².